The van der Waals surface area contributed by atoms with Gasteiger partial charge in [0.15, 0.2) is 0 Å². The van der Waals surface area contributed by atoms with Gasteiger partial charge in [0.05, 0.1) is 0 Å². The zero-order chi connectivity index (χ0) is 12.2. The molecule has 18 heavy (non-hydrogen) atoms. The summed E-state index contributed by atoms with van der Waals surface area (Å²) in [5, 5.41) is 6.68. The minimum atomic E-state index is 0.869. The van der Waals surface area contributed by atoms with Crippen LogP contribution in [0.15, 0.2) is 35.8 Å². The highest BCUT2D eigenvalue weighted by Crippen LogP contribution is 2.27. The summed E-state index contributed by atoms with van der Waals surface area (Å²) < 4.78 is 0. The number of nitrogens with zero attached hydrogens (tertiary/aromatic N) is 1. The summed E-state index contributed by atoms with van der Waals surface area (Å²) in [5.74, 6) is 0.869. The van der Waals surface area contributed by atoms with Crippen molar-refractivity contribution in [2.45, 2.75) is 25.7 Å². The summed E-state index contributed by atoms with van der Waals surface area (Å²) in [6.07, 6.45) is 7.45. The van der Waals surface area contributed by atoms with Gasteiger partial charge >= 0.3 is 0 Å². The number of aromatic nitrogens is 1. The van der Waals surface area contributed by atoms with Crippen LogP contribution >= 0.6 is 11.3 Å². The van der Waals surface area contributed by atoms with Gasteiger partial charge in [-0.1, -0.05) is 25.0 Å². The monoisotopic (exact) mass is 258 g/mol. The highest BCUT2D eigenvalue weighted by Gasteiger charge is 2.14. The molecular weight excluding hydrogens is 240 g/mol. The first-order valence-corrected chi connectivity index (χ1v) is 7.53. The lowest BCUT2D eigenvalue weighted by Gasteiger charge is -2.12. The van der Waals surface area contributed by atoms with E-state index in [2.05, 4.69) is 34.6 Å². The van der Waals surface area contributed by atoms with Crippen molar-refractivity contribution in [3.63, 3.8) is 0 Å². The van der Waals surface area contributed by atoms with Crippen LogP contribution in [0.4, 0.5) is 5.69 Å². The molecule has 3 rings (SSSR count). The molecule has 0 atom stereocenters. The van der Waals surface area contributed by atoms with Crippen LogP contribution in [-0.2, 0) is 0 Å². The lowest BCUT2D eigenvalue weighted by molar-refractivity contribution is 0.580. The van der Waals surface area contributed by atoms with Crippen LogP contribution in [0.1, 0.15) is 25.7 Å². The predicted molar refractivity (Wildman–Crippen MR) is 78.0 cm³/mol. The molecule has 1 aliphatic carbocycles. The maximum atomic E-state index is 4.36. The van der Waals surface area contributed by atoms with Crippen molar-refractivity contribution in [1.29, 1.82) is 0 Å². The molecule has 0 saturated heterocycles. The standard InChI is InChI=1S/C15H18N2S/c1-2-5-12(4-1)11-17-14-7-3-6-13(10-14)15-16-8-9-18-15/h3,6-10,12,17H,1-2,4-5,11H2. The minimum Gasteiger partial charge on any atom is -0.385 e. The molecule has 1 heterocycles. The van der Waals surface area contributed by atoms with E-state index in [1.54, 1.807) is 11.3 Å². The Balaban J connectivity index is 1.67. The smallest absolute Gasteiger partial charge is 0.123 e. The Hall–Kier alpha value is -1.35. The van der Waals surface area contributed by atoms with Gasteiger partial charge in [-0.05, 0) is 30.9 Å². The molecule has 1 saturated carbocycles. The first kappa shape index (κ1) is 11.7. The van der Waals surface area contributed by atoms with Gasteiger partial charge in [0.2, 0.25) is 0 Å². The van der Waals surface area contributed by atoms with Gasteiger partial charge in [-0.25, -0.2) is 4.98 Å². The normalized spacial score (nSPS) is 16.0. The maximum Gasteiger partial charge on any atom is 0.123 e. The molecule has 0 bridgehead atoms. The van der Waals surface area contributed by atoms with E-state index >= 15 is 0 Å². The van der Waals surface area contributed by atoms with E-state index in [0.29, 0.717) is 0 Å². The minimum absolute atomic E-state index is 0.869. The van der Waals surface area contributed by atoms with Crippen molar-refractivity contribution in [2.24, 2.45) is 5.92 Å². The molecule has 1 N–H and O–H groups in total. The molecule has 0 aliphatic heterocycles. The molecule has 1 fully saturated rings. The average molecular weight is 258 g/mol. The quantitative estimate of drug-likeness (QED) is 0.878. The molecule has 1 aromatic heterocycles. The Labute approximate surface area is 112 Å². The fraction of sp³-hybridized carbons (Fsp3) is 0.400. The molecule has 0 spiro atoms. The van der Waals surface area contributed by atoms with E-state index in [1.807, 2.05) is 11.6 Å². The fourth-order valence-corrected chi connectivity index (χ4v) is 3.24. The molecule has 0 unspecified atom stereocenters. The Morgan fingerprint density at radius 1 is 1.28 bits per heavy atom. The number of hydrogen-bond acceptors (Lipinski definition) is 3. The molecule has 2 nitrogen and oxygen atoms in total. The third-order valence-electron chi connectivity index (χ3n) is 3.61. The second kappa shape index (κ2) is 5.53. The molecule has 3 heteroatoms. The molecule has 0 amide bonds. The number of benzene rings is 1. The van der Waals surface area contributed by atoms with Gasteiger partial charge in [0.25, 0.3) is 0 Å². The van der Waals surface area contributed by atoms with Crippen molar-refractivity contribution < 1.29 is 0 Å². The first-order chi connectivity index (χ1) is 8.92. The van der Waals surface area contributed by atoms with Crippen molar-refractivity contribution in [3.05, 3.63) is 35.8 Å². The van der Waals surface area contributed by atoms with Gasteiger partial charge in [-0.15, -0.1) is 11.3 Å². The van der Waals surface area contributed by atoms with E-state index in [-0.39, 0.29) is 0 Å². The molecular formula is C15H18N2S. The zero-order valence-electron chi connectivity index (χ0n) is 10.4. The Morgan fingerprint density at radius 2 is 2.17 bits per heavy atom. The second-order valence-electron chi connectivity index (χ2n) is 4.95. The summed E-state index contributed by atoms with van der Waals surface area (Å²) in [5.41, 5.74) is 2.43. The van der Waals surface area contributed by atoms with Crippen LogP contribution in [0, 0.1) is 5.92 Å². The summed E-state index contributed by atoms with van der Waals surface area (Å²) in [4.78, 5) is 4.36. The summed E-state index contributed by atoms with van der Waals surface area (Å²) in [7, 11) is 0. The van der Waals surface area contributed by atoms with Gasteiger partial charge < -0.3 is 5.32 Å². The lowest BCUT2D eigenvalue weighted by atomic mass is 10.1. The largest absolute Gasteiger partial charge is 0.385 e. The van der Waals surface area contributed by atoms with Crippen molar-refractivity contribution in [2.75, 3.05) is 11.9 Å². The van der Waals surface area contributed by atoms with E-state index in [4.69, 9.17) is 0 Å². The fourth-order valence-electron chi connectivity index (χ4n) is 2.60. The third kappa shape index (κ3) is 2.72. The summed E-state index contributed by atoms with van der Waals surface area (Å²) in [6.45, 7) is 1.11. The predicted octanol–water partition coefficient (Wildman–Crippen LogP) is 4.41. The Morgan fingerprint density at radius 3 is 2.94 bits per heavy atom. The first-order valence-electron chi connectivity index (χ1n) is 6.65. The van der Waals surface area contributed by atoms with Crippen molar-refractivity contribution in [3.8, 4) is 10.6 Å². The second-order valence-corrected chi connectivity index (χ2v) is 5.84. The summed E-state index contributed by atoms with van der Waals surface area (Å²) >= 11 is 1.69. The molecule has 1 aliphatic rings. The highest BCUT2D eigenvalue weighted by molar-refractivity contribution is 7.13. The lowest BCUT2D eigenvalue weighted by Crippen LogP contribution is -2.10. The van der Waals surface area contributed by atoms with Crippen molar-refractivity contribution in [1.82, 2.24) is 4.98 Å². The number of nitrogens with one attached hydrogen (secondary N) is 1. The molecule has 1 aromatic carbocycles. The van der Waals surface area contributed by atoms with Gasteiger partial charge in [0, 0.05) is 29.4 Å². The van der Waals surface area contributed by atoms with Gasteiger partial charge in [-0.3, -0.25) is 0 Å². The van der Waals surface area contributed by atoms with E-state index in [1.165, 1.54) is 36.9 Å². The zero-order valence-corrected chi connectivity index (χ0v) is 11.2. The molecule has 0 radical (unpaired) electrons. The maximum absolute atomic E-state index is 4.36. The van der Waals surface area contributed by atoms with E-state index < -0.39 is 0 Å². The topological polar surface area (TPSA) is 24.9 Å². The van der Waals surface area contributed by atoms with Gasteiger partial charge in [0.1, 0.15) is 5.01 Å². The highest BCUT2D eigenvalue weighted by atomic mass is 32.1. The van der Waals surface area contributed by atoms with Crippen LogP contribution in [0.3, 0.4) is 0 Å². The molecule has 94 valence electrons. The van der Waals surface area contributed by atoms with Crippen LogP contribution in [0.25, 0.3) is 10.6 Å². The summed E-state index contributed by atoms with van der Waals surface area (Å²) in [6, 6.07) is 8.58. The third-order valence-corrected chi connectivity index (χ3v) is 4.43. The van der Waals surface area contributed by atoms with Crippen LogP contribution in [-0.4, -0.2) is 11.5 Å². The number of rotatable bonds is 4. The number of anilines is 1. The van der Waals surface area contributed by atoms with Crippen molar-refractivity contribution >= 4 is 17.0 Å². The Kier molecular flexibility index (Phi) is 3.60. The van der Waals surface area contributed by atoms with Crippen LogP contribution < -0.4 is 5.32 Å². The molecule has 2 aromatic rings. The SMILES string of the molecule is c1cc(NCC2CCCC2)cc(-c2nccs2)c1. The van der Waals surface area contributed by atoms with Crippen LogP contribution in [0.5, 0.6) is 0 Å². The average Bonchev–Trinajstić information content (AvgIpc) is 3.10. The van der Waals surface area contributed by atoms with E-state index in [9.17, 15) is 0 Å². The van der Waals surface area contributed by atoms with Gasteiger partial charge in [-0.2, -0.15) is 0 Å². The van der Waals surface area contributed by atoms with E-state index in [0.717, 1.165) is 17.5 Å². The Bertz CT molecular complexity index is 487. The number of hydrogen-bond donors (Lipinski definition) is 1. The number of thiazole rings is 1. The van der Waals surface area contributed by atoms with Crippen LogP contribution in [0.2, 0.25) is 0 Å².